The average molecular weight is 226 g/mol. The van der Waals surface area contributed by atoms with Gasteiger partial charge in [-0.25, -0.2) is 9.67 Å². The Morgan fingerprint density at radius 1 is 1.67 bits per heavy atom. The van der Waals surface area contributed by atoms with Crippen LogP contribution in [0.1, 0.15) is 25.6 Å². The number of aryl methyl sites for hydroxylation is 1. The SMILES string of the molecule is CCn1ncnc1CNC1CCCSC1. The molecule has 0 radical (unpaired) electrons. The zero-order valence-electron chi connectivity index (χ0n) is 9.15. The highest BCUT2D eigenvalue weighted by atomic mass is 32.2. The van der Waals surface area contributed by atoms with E-state index in [9.17, 15) is 0 Å². The van der Waals surface area contributed by atoms with Gasteiger partial charge in [-0.15, -0.1) is 0 Å². The molecule has 0 saturated carbocycles. The maximum absolute atomic E-state index is 4.25. The van der Waals surface area contributed by atoms with E-state index in [1.165, 1.54) is 24.3 Å². The predicted molar refractivity (Wildman–Crippen MR) is 62.9 cm³/mol. The number of nitrogens with one attached hydrogen (secondary N) is 1. The zero-order valence-corrected chi connectivity index (χ0v) is 9.96. The Labute approximate surface area is 94.8 Å². The van der Waals surface area contributed by atoms with Gasteiger partial charge in [0.2, 0.25) is 0 Å². The van der Waals surface area contributed by atoms with E-state index in [1.807, 2.05) is 16.4 Å². The molecule has 0 aliphatic carbocycles. The molecule has 2 rings (SSSR count). The van der Waals surface area contributed by atoms with E-state index in [0.29, 0.717) is 6.04 Å². The third-order valence-electron chi connectivity index (χ3n) is 2.70. The first-order chi connectivity index (χ1) is 7.40. The van der Waals surface area contributed by atoms with Crippen molar-refractivity contribution in [1.82, 2.24) is 20.1 Å². The first-order valence-corrected chi connectivity index (χ1v) is 6.73. The molecule has 1 aromatic heterocycles. The van der Waals surface area contributed by atoms with Gasteiger partial charge in [-0.2, -0.15) is 16.9 Å². The summed E-state index contributed by atoms with van der Waals surface area (Å²) in [4.78, 5) is 4.25. The molecule has 0 aromatic carbocycles. The lowest BCUT2D eigenvalue weighted by molar-refractivity contribution is 0.482. The molecule has 5 heteroatoms. The Balaban J connectivity index is 1.81. The molecule has 1 fully saturated rings. The molecule has 15 heavy (non-hydrogen) atoms. The van der Waals surface area contributed by atoms with E-state index in [0.717, 1.165) is 18.9 Å². The highest BCUT2D eigenvalue weighted by molar-refractivity contribution is 7.99. The summed E-state index contributed by atoms with van der Waals surface area (Å²) in [5.41, 5.74) is 0. The molecule has 0 spiro atoms. The van der Waals surface area contributed by atoms with Crippen LogP contribution in [0, 0.1) is 0 Å². The minimum atomic E-state index is 0.658. The summed E-state index contributed by atoms with van der Waals surface area (Å²) in [6, 6.07) is 0.658. The molecule has 0 amide bonds. The van der Waals surface area contributed by atoms with Gasteiger partial charge < -0.3 is 5.32 Å². The van der Waals surface area contributed by atoms with Gasteiger partial charge in [0.25, 0.3) is 0 Å². The fourth-order valence-corrected chi connectivity index (χ4v) is 2.93. The number of thioether (sulfide) groups is 1. The quantitative estimate of drug-likeness (QED) is 0.840. The number of rotatable bonds is 4. The van der Waals surface area contributed by atoms with E-state index < -0.39 is 0 Å². The van der Waals surface area contributed by atoms with Gasteiger partial charge in [0, 0.05) is 18.3 Å². The Bertz CT molecular complexity index is 293. The Kier molecular flexibility index (Phi) is 4.02. The van der Waals surface area contributed by atoms with Crippen LogP contribution in [0.25, 0.3) is 0 Å². The second-order valence-electron chi connectivity index (χ2n) is 3.79. The van der Waals surface area contributed by atoms with Gasteiger partial charge in [0.05, 0.1) is 6.54 Å². The summed E-state index contributed by atoms with van der Waals surface area (Å²) >= 11 is 2.04. The van der Waals surface area contributed by atoms with Gasteiger partial charge in [0.1, 0.15) is 12.2 Å². The van der Waals surface area contributed by atoms with Crippen LogP contribution < -0.4 is 5.32 Å². The normalized spacial score (nSPS) is 21.8. The molecule has 1 aliphatic heterocycles. The lowest BCUT2D eigenvalue weighted by Crippen LogP contribution is -2.34. The van der Waals surface area contributed by atoms with Gasteiger partial charge in [-0.1, -0.05) is 0 Å². The number of nitrogens with zero attached hydrogens (tertiary/aromatic N) is 3. The minimum Gasteiger partial charge on any atom is -0.306 e. The molecule has 84 valence electrons. The molecule has 1 aromatic rings. The van der Waals surface area contributed by atoms with Crippen LogP contribution >= 0.6 is 11.8 Å². The van der Waals surface area contributed by atoms with Crippen molar-refractivity contribution < 1.29 is 0 Å². The van der Waals surface area contributed by atoms with Gasteiger partial charge in [-0.3, -0.25) is 0 Å². The topological polar surface area (TPSA) is 42.7 Å². The molecular formula is C10H18N4S. The molecule has 1 N–H and O–H groups in total. The lowest BCUT2D eigenvalue weighted by atomic mass is 10.2. The van der Waals surface area contributed by atoms with Gasteiger partial charge >= 0.3 is 0 Å². The molecule has 4 nitrogen and oxygen atoms in total. The van der Waals surface area contributed by atoms with Crippen molar-refractivity contribution in [1.29, 1.82) is 0 Å². The molecule has 1 unspecified atom stereocenters. The van der Waals surface area contributed by atoms with Crippen molar-refractivity contribution in [2.45, 2.75) is 38.9 Å². The molecule has 0 bridgehead atoms. The summed E-state index contributed by atoms with van der Waals surface area (Å²) in [5, 5.41) is 7.71. The summed E-state index contributed by atoms with van der Waals surface area (Å²) in [6.07, 6.45) is 4.27. The number of aromatic nitrogens is 3. The average Bonchev–Trinajstić information content (AvgIpc) is 2.75. The summed E-state index contributed by atoms with van der Waals surface area (Å²) in [7, 11) is 0. The van der Waals surface area contributed by atoms with E-state index in [4.69, 9.17) is 0 Å². The fraction of sp³-hybridized carbons (Fsp3) is 0.800. The van der Waals surface area contributed by atoms with E-state index in [-0.39, 0.29) is 0 Å². The monoisotopic (exact) mass is 226 g/mol. The Morgan fingerprint density at radius 3 is 3.33 bits per heavy atom. The number of hydrogen-bond donors (Lipinski definition) is 1. The molecule has 1 saturated heterocycles. The van der Waals surface area contributed by atoms with E-state index in [1.54, 1.807) is 6.33 Å². The van der Waals surface area contributed by atoms with E-state index >= 15 is 0 Å². The fourth-order valence-electron chi connectivity index (χ4n) is 1.83. The molecule has 1 aliphatic rings. The highest BCUT2D eigenvalue weighted by Crippen LogP contribution is 2.17. The standard InChI is InChI=1S/C10H18N4S/c1-2-14-10(12-8-13-14)6-11-9-4-3-5-15-7-9/h8-9,11H,2-7H2,1H3. The van der Waals surface area contributed by atoms with E-state index in [2.05, 4.69) is 22.3 Å². The lowest BCUT2D eigenvalue weighted by Gasteiger charge is -2.22. The third kappa shape index (κ3) is 2.95. The Morgan fingerprint density at radius 2 is 2.60 bits per heavy atom. The van der Waals surface area contributed by atoms with Crippen LogP contribution in [0.2, 0.25) is 0 Å². The van der Waals surface area contributed by atoms with Crippen molar-refractivity contribution in [3.8, 4) is 0 Å². The molecule has 2 heterocycles. The smallest absolute Gasteiger partial charge is 0.140 e. The van der Waals surface area contributed by atoms with Crippen LogP contribution in [0.4, 0.5) is 0 Å². The summed E-state index contributed by atoms with van der Waals surface area (Å²) in [6.45, 7) is 3.84. The van der Waals surface area contributed by atoms with Crippen LogP contribution in [0.3, 0.4) is 0 Å². The molecular weight excluding hydrogens is 208 g/mol. The zero-order chi connectivity index (χ0) is 10.5. The first kappa shape index (κ1) is 11.0. The summed E-state index contributed by atoms with van der Waals surface area (Å²) in [5.74, 6) is 3.61. The van der Waals surface area contributed by atoms with Crippen molar-refractivity contribution in [3.05, 3.63) is 12.2 Å². The maximum atomic E-state index is 4.25. The first-order valence-electron chi connectivity index (χ1n) is 5.58. The van der Waals surface area contributed by atoms with Crippen molar-refractivity contribution >= 4 is 11.8 Å². The summed E-state index contributed by atoms with van der Waals surface area (Å²) < 4.78 is 1.95. The van der Waals surface area contributed by atoms with Crippen LogP contribution in [0.15, 0.2) is 6.33 Å². The van der Waals surface area contributed by atoms with Crippen LogP contribution in [-0.4, -0.2) is 32.3 Å². The highest BCUT2D eigenvalue weighted by Gasteiger charge is 2.13. The van der Waals surface area contributed by atoms with Crippen molar-refractivity contribution in [2.24, 2.45) is 0 Å². The second kappa shape index (κ2) is 5.51. The minimum absolute atomic E-state index is 0.658. The van der Waals surface area contributed by atoms with Gasteiger partial charge in [0.15, 0.2) is 0 Å². The largest absolute Gasteiger partial charge is 0.306 e. The Hall–Kier alpha value is -0.550. The van der Waals surface area contributed by atoms with Crippen LogP contribution in [0.5, 0.6) is 0 Å². The number of hydrogen-bond acceptors (Lipinski definition) is 4. The van der Waals surface area contributed by atoms with Gasteiger partial charge in [-0.05, 0) is 25.5 Å². The third-order valence-corrected chi connectivity index (χ3v) is 3.92. The van der Waals surface area contributed by atoms with Crippen molar-refractivity contribution in [2.75, 3.05) is 11.5 Å². The van der Waals surface area contributed by atoms with Crippen molar-refractivity contribution in [3.63, 3.8) is 0 Å². The second-order valence-corrected chi connectivity index (χ2v) is 4.94. The predicted octanol–water partition coefficient (Wildman–Crippen LogP) is 1.28. The molecule has 1 atom stereocenters. The maximum Gasteiger partial charge on any atom is 0.140 e. The van der Waals surface area contributed by atoms with Crippen LogP contribution in [-0.2, 0) is 13.1 Å².